The first-order chi connectivity index (χ1) is 7.52. The van der Waals surface area contributed by atoms with Crippen LogP contribution in [-0.4, -0.2) is 17.7 Å². The third-order valence-electron chi connectivity index (χ3n) is 3.32. The lowest BCUT2D eigenvalue weighted by Crippen LogP contribution is -2.40. The Kier molecular flexibility index (Phi) is 4.71. The summed E-state index contributed by atoms with van der Waals surface area (Å²) in [4.78, 5) is 22.9. The molecule has 0 aromatic rings. The molecule has 3 heteroatoms. The van der Waals surface area contributed by atoms with Gasteiger partial charge in [0.05, 0.1) is 5.92 Å². The van der Waals surface area contributed by atoms with E-state index in [1.54, 1.807) is 6.92 Å². The van der Waals surface area contributed by atoms with E-state index in [0.717, 1.165) is 12.8 Å². The van der Waals surface area contributed by atoms with E-state index < -0.39 is 5.92 Å². The second kappa shape index (κ2) is 5.83. The molecule has 0 saturated heterocycles. The van der Waals surface area contributed by atoms with Crippen LogP contribution in [0.25, 0.3) is 0 Å². The van der Waals surface area contributed by atoms with Crippen molar-refractivity contribution in [3.63, 3.8) is 0 Å². The molecule has 0 heterocycles. The largest absolute Gasteiger partial charge is 0.353 e. The number of carbonyl (C=O) groups is 2. The van der Waals surface area contributed by atoms with Crippen molar-refractivity contribution in [2.45, 2.75) is 52.0 Å². The van der Waals surface area contributed by atoms with Gasteiger partial charge in [-0.05, 0) is 32.3 Å². The van der Waals surface area contributed by atoms with Crippen LogP contribution >= 0.6 is 0 Å². The lowest BCUT2D eigenvalue weighted by atomic mass is 9.93. The molecule has 0 aromatic carbocycles. The maximum absolute atomic E-state index is 11.8. The Morgan fingerprint density at radius 2 is 1.81 bits per heavy atom. The Labute approximate surface area is 97.3 Å². The summed E-state index contributed by atoms with van der Waals surface area (Å²) < 4.78 is 0. The van der Waals surface area contributed by atoms with Crippen LogP contribution in [0.4, 0.5) is 0 Å². The van der Waals surface area contributed by atoms with E-state index >= 15 is 0 Å². The summed E-state index contributed by atoms with van der Waals surface area (Å²) in [6.45, 7) is 6.85. The average molecular weight is 223 g/mol. The van der Waals surface area contributed by atoms with Gasteiger partial charge >= 0.3 is 0 Å². The average Bonchev–Trinajstić information content (AvgIpc) is 2.28. The number of amides is 1. The third kappa shape index (κ3) is 3.47. The lowest BCUT2D eigenvalue weighted by Gasteiger charge is -2.24. The molecule has 0 spiro atoms. The second-order valence-electron chi connectivity index (χ2n) is 4.65. The summed E-state index contributed by atoms with van der Waals surface area (Å²) in [6.07, 6.45) is 5.76. The summed E-state index contributed by atoms with van der Waals surface area (Å²) in [7, 11) is 0. The zero-order chi connectivity index (χ0) is 12.1. The highest BCUT2D eigenvalue weighted by molar-refractivity contribution is 5.99. The quantitative estimate of drug-likeness (QED) is 0.743. The summed E-state index contributed by atoms with van der Waals surface area (Å²) in [5.41, 5.74) is 0.397. The molecule has 0 radical (unpaired) electrons. The molecule has 1 amide bonds. The van der Waals surface area contributed by atoms with Crippen molar-refractivity contribution in [1.82, 2.24) is 5.32 Å². The van der Waals surface area contributed by atoms with Gasteiger partial charge in [-0.25, -0.2) is 0 Å². The minimum atomic E-state index is -0.403. The first-order valence-corrected chi connectivity index (χ1v) is 6.02. The van der Waals surface area contributed by atoms with Crippen LogP contribution < -0.4 is 5.32 Å². The van der Waals surface area contributed by atoms with Crippen LogP contribution in [0.15, 0.2) is 12.2 Å². The van der Waals surface area contributed by atoms with Crippen molar-refractivity contribution in [3.8, 4) is 0 Å². The fraction of sp³-hybridized carbons (Fsp3) is 0.692. The molecule has 0 bridgehead atoms. The van der Waals surface area contributed by atoms with Gasteiger partial charge in [-0.2, -0.15) is 0 Å². The number of Topliss-reactive ketones (excluding diaryl/α,β-unsaturated/α-hetero) is 1. The standard InChI is InChI=1S/C13H21NO2/c1-9(11(3)15)10(2)13(16)14-12-7-5-4-6-8-12/h10,12H,1,4-8H2,2-3H3,(H,14,16). The first-order valence-electron chi connectivity index (χ1n) is 6.02. The van der Waals surface area contributed by atoms with Gasteiger partial charge in [-0.1, -0.05) is 25.8 Å². The van der Waals surface area contributed by atoms with Crippen molar-refractivity contribution in [2.75, 3.05) is 0 Å². The highest BCUT2D eigenvalue weighted by Gasteiger charge is 2.22. The summed E-state index contributed by atoms with van der Waals surface area (Å²) in [5, 5.41) is 3.00. The fourth-order valence-corrected chi connectivity index (χ4v) is 2.04. The maximum atomic E-state index is 11.8. The van der Waals surface area contributed by atoms with Crippen LogP contribution in [0, 0.1) is 5.92 Å². The van der Waals surface area contributed by atoms with Crippen LogP contribution in [0.3, 0.4) is 0 Å². The Morgan fingerprint density at radius 1 is 1.25 bits per heavy atom. The molecular weight excluding hydrogens is 202 g/mol. The number of hydrogen-bond acceptors (Lipinski definition) is 2. The van der Waals surface area contributed by atoms with E-state index in [2.05, 4.69) is 11.9 Å². The Hall–Kier alpha value is -1.12. The van der Waals surface area contributed by atoms with Gasteiger partial charge < -0.3 is 5.32 Å². The van der Waals surface area contributed by atoms with Crippen molar-refractivity contribution >= 4 is 11.7 Å². The van der Waals surface area contributed by atoms with E-state index in [4.69, 9.17) is 0 Å². The van der Waals surface area contributed by atoms with E-state index in [0.29, 0.717) is 11.6 Å². The van der Waals surface area contributed by atoms with Crippen molar-refractivity contribution in [2.24, 2.45) is 5.92 Å². The molecule has 1 saturated carbocycles. The highest BCUT2D eigenvalue weighted by Crippen LogP contribution is 2.18. The van der Waals surface area contributed by atoms with Gasteiger partial charge in [0.15, 0.2) is 5.78 Å². The smallest absolute Gasteiger partial charge is 0.227 e. The van der Waals surface area contributed by atoms with Gasteiger partial charge in [0.2, 0.25) is 5.91 Å². The van der Waals surface area contributed by atoms with Crippen molar-refractivity contribution < 1.29 is 9.59 Å². The number of hydrogen-bond donors (Lipinski definition) is 1. The van der Waals surface area contributed by atoms with Crippen molar-refractivity contribution in [3.05, 3.63) is 12.2 Å². The number of nitrogens with one attached hydrogen (secondary N) is 1. The van der Waals surface area contributed by atoms with Gasteiger partial charge in [-0.15, -0.1) is 0 Å². The Balaban J connectivity index is 2.44. The molecule has 0 aliphatic heterocycles. The molecule has 0 aromatic heterocycles. The van der Waals surface area contributed by atoms with E-state index in [1.165, 1.54) is 26.2 Å². The van der Waals surface area contributed by atoms with Crippen LogP contribution in [-0.2, 0) is 9.59 Å². The first kappa shape index (κ1) is 12.9. The molecule has 1 atom stereocenters. The van der Waals surface area contributed by atoms with Crippen LogP contribution in [0.1, 0.15) is 46.0 Å². The molecule has 90 valence electrons. The topological polar surface area (TPSA) is 46.2 Å². The maximum Gasteiger partial charge on any atom is 0.227 e. The minimum absolute atomic E-state index is 0.0629. The molecular formula is C13H21NO2. The normalized spacial score (nSPS) is 18.9. The molecule has 1 rings (SSSR count). The molecule has 16 heavy (non-hydrogen) atoms. The summed E-state index contributed by atoms with van der Waals surface area (Å²) >= 11 is 0. The lowest BCUT2D eigenvalue weighted by molar-refractivity contribution is -0.126. The van der Waals surface area contributed by atoms with Crippen LogP contribution in [0.5, 0.6) is 0 Å². The van der Waals surface area contributed by atoms with E-state index in [1.807, 2.05) is 0 Å². The fourth-order valence-electron chi connectivity index (χ4n) is 2.04. The number of carbonyl (C=O) groups excluding carboxylic acids is 2. The van der Waals surface area contributed by atoms with Gasteiger partial charge in [0.1, 0.15) is 0 Å². The summed E-state index contributed by atoms with van der Waals surface area (Å²) in [5.74, 6) is -0.571. The predicted octanol–water partition coefficient (Wildman–Crippen LogP) is 2.22. The summed E-state index contributed by atoms with van der Waals surface area (Å²) in [6, 6.07) is 0.295. The van der Waals surface area contributed by atoms with Gasteiger partial charge in [-0.3, -0.25) is 9.59 Å². The van der Waals surface area contributed by atoms with Crippen molar-refractivity contribution in [1.29, 1.82) is 0 Å². The Morgan fingerprint density at radius 3 is 2.31 bits per heavy atom. The molecule has 1 unspecified atom stereocenters. The second-order valence-corrected chi connectivity index (χ2v) is 4.65. The molecule has 1 aliphatic rings. The molecule has 3 nitrogen and oxygen atoms in total. The predicted molar refractivity (Wildman–Crippen MR) is 64.0 cm³/mol. The van der Waals surface area contributed by atoms with Crippen LogP contribution in [0.2, 0.25) is 0 Å². The number of rotatable bonds is 4. The monoisotopic (exact) mass is 223 g/mol. The minimum Gasteiger partial charge on any atom is -0.353 e. The zero-order valence-electron chi connectivity index (χ0n) is 10.2. The third-order valence-corrected chi connectivity index (χ3v) is 3.32. The molecule has 1 aliphatic carbocycles. The van der Waals surface area contributed by atoms with Gasteiger partial charge in [0.25, 0.3) is 0 Å². The van der Waals surface area contributed by atoms with E-state index in [-0.39, 0.29) is 11.7 Å². The molecule has 1 fully saturated rings. The van der Waals surface area contributed by atoms with E-state index in [9.17, 15) is 9.59 Å². The highest BCUT2D eigenvalue weighted by atomic mass is 16.2. The zero-order valence-corrected chi connectivity index (χ0v) is 10.2. The Bertz CT molecular complexity index is 290. The number of ketones is 1. The SMILES string of the molecule is C=C(C(C)=O)C(C)C(=O)NC1CCCCC1. The molecule has 1 N–H and O–H groups in total. The van der Waals surface area contributed by atoms with Gasteiger partial charge in [0, 0.05) is 6.04 Å².